The predicted octanol–water partition coefficient (Wildman–Crippen LogP) is 3.39. The first-order valence-corrected chi connectivity index (χ1v) is 8.74. The number of para-hydroxylation sites is 1. The number of aromatic nitrogens is 2. The topological polar surface area (TPSA) is 79.2 Å². The highest BCUT2D eigenvalue weighted by Crippen LogP contribution is 2.12. The first-order chi connectivity index (χ1) is 12.5. The number of aryl methyl sites for hydroxylation is 1. The van der Waals surface area contributed by atoms with Crippen LogP contribution in [0, 0.1) is 6.92 Å². The van der Waals surface area contributed by atoms with Gasteiger partial charge in [0.2, 0.25) is 0 Å². The lowest BCUT2D eigenvalue weighted by Crippen LogP contribution is -2.23. The van der Waals surface area contributed by atoms with E-state index in [9.17, 15) is 9.59 Å². The van der Waals surface area contributed by atoms with Crippen LogP contribution in [0.25, 0.3) is 5.69 Å². The summed E-state index contributed by atoms with van der Waals surface area (Å²) in [6.45, 7) is 3.49. The molecule has 0 unspecified atom stereocenters. The first-order valence-electron chi connectivity index (χ1n) is 7.95. The van der Waals surface area contributed by atoms with Crippen molar-refractivity contribution in [3.05, 3.63) is 86.2 Å². The molecule has 1 aromatic heterocycles. The highest BCUT2D eigenvalue weighted by atomic mass is 79.9. The quantitative estimate of drug-likeness (QED) is 0.508. The summed E-state index contributed by atoms with van der Waals surface area (Å²) in [5.41, 5.74) is 5.03. The molecule has 0 aliphatic heterocycles. The molecule has 1 heterocycles. The molecule has 0 fully saturated rings. The number of nitrogens with one attached hydrogen (secondary N) is 2. The van der Waals surface area contributed by atoms with E-state index in [1.165, 1.54) is 4.68 Å². The van der Waals surface area contributed by atoms with Crippen LogP contribution in [0.1, 0.15) is 28.5 Å². The van der Waals surface area contributed by atoms with E-state index in [0.717, 1.165) is 10.2 Å². The molecule has 0 radical (unpaired) electrons. The molecular weight excluding hydrogens is 396 g/mol. The molecule has 0 saturated heterocycles. The van der Waals surface area contributed by atoms with E-state index < -0.39 is 0 Å². The number of hydrogen-bond donors (Lipinski definition) is 2. The zero-order valence-corrected chi connectivity index (χ0v) is 15.9. The molecule has 0 atom stereocenters. The molecule has 0 aliphatic rings. The van der Waals surface area contributed by atoms with Gasteiger partial charge in [0.1, 0.15) is 0 Å². The second-order valence-corrected chi connectivity index (χ2v) is 6.65. The number of carbonyl (C=O) groups excluding carboxylic acids is 1. The van der Waals surface area contributed by atoms with Gasteiger partial charge in [-0.25, -0.2) is 10.1 Å². The van der Waals surface area contributed by atoms with Crippen molar-refractivity contribution in [3.63, 3.8) is 0 Å². The minimum Gasteiger partial charge on any atom is -0.295 e. The minimum absolute atomic E-state index is 0.216. The number of halogens is 1. The van der Waals surface area contributed by atoms with Gasteiger partial charge in [0.25, 0.3) is 11.5 Å². The van der Waals surface area contributed by atoms with E-state index in [4.69, 9.17) is 0 Å². The van der Waals surface area contributed by atoms with E-state index in [0.29, 0.717) is 22.5 Å². The first kappa shape index (κ1) is 17.9. The number of nitrogens with zero attached hydrogens (tertiary/aromatic N) is 2. The third kappa shape index (κ3) is 3.67. The fourth-order valence-electron chi connectivity index (χ4n) is 2.62. The van der Waals surface area contributed by atoms with Gasteiger partial charge >= 0.3 is 0 Å². The Morgan fingerprint density at radius 2 is 1.88 bits per heavy atom. The minimum atomic E-state index is -0.345. The van der Waals surface area contributed by atoms with Gasteiger partial charge in [-0.05, 0) is 44.2 Å². The standard InChI is InChI=1S/C19H17BrN4O2/c1-12(21-22-18(25)14-7-6-8-15(20)11-14)17-13(2)23-24(19(17)26)16-9-4-3-5-10-16/h3-11,23H,1-2H3,(H,22,25)/b21-12-. The van der Waals surface area contributed by atoms with Crippen LogP contribution in [0.15, 0.2) is 69.0 Å². The van der Waals surface area contributed by atoms with Crippen LogP contribution < -0.4 is 11.0 Å². The average Bonchev–Trinajstić information content (AvgIpc) is 2.94. The Morgan fingerprint density at radius 1 is 1.15 bits per heavy atom. The molecule has 3 rings (SSSR count). The van der Waals surface area contributed by atoms with E-state index in [1.54, 1.807) is 32.0 Å². The number of aromatic amines is 1. The summed E-state index contributed by atoms with van der Waals surface area (Å²) < 4.78 is 2.26. The summed E-state index contributed by atoms with van der Waals surface area (Å²) in [7, 11) is 0. The summed E-state index contributed by atoms with van der Waals surface area (Å²) >= 11 is 3.33. The second kappa shape index (κ2) is 7.53. The lowest BCUT2D eigenvalue weighted by molar-refractivity contribution is 0.0954. The van der Waals surface area contributed by atoms with Crippen molar-refractivity contribution in [1.29, 1.82) is 0 Å². The van der Waals surface area contributed by atoms with Gasteiger partial charge in [0, 0.05) is 15.7 Å². The molecule has 0 spiro atoms. The van der Waals surface area contributed by atoms with E-state index in [2.05, 4.69) is 31.6 Å². The van der Waals surface area contributed by atoms with Crippen LogP contribution in [-0.4, -0.2) is 21.4 Å². The molecular formula is C19H17BrN4O2. The maximum Gasteiger partial charge on any atom is 0.280 e. The Labute approximate surface area is 158 Å². The number of benzene rings is 2. The SMILES string of the molecule is C/C(=N/NC(=O)c1cccc(Br)c1)c1c(C)[nH]n(-c2ccccc2)c1=O. The van der Waals surface area contributed by atoms with Gasteiger partial charge < -0.3 is 0 Å². The molecule has 0 aliphatic carbocycles. The third-order valence-corrected chi connectivity index (χ3v) is 4.35. The molecule has 132 valence electrons. The van der Waals surface area contributed by atoms with E-state index in [-0.39, 0.29) is 11.5 Å². The van der Waals surface area contributed by atoms with Gasteiger partial charge in [0.15, 0.2) is 0 Å². The van der Waals surface area contributed by atoms with Gasteiger partial charge in [0.05, 0.1) is 17.0 Å². The van der Waals surface area contributed by atoms with Crippen molar-refractivity contribution < 1.29 is 4.79 Å². The van der Waals surface area contributed by atoms with Crippen LogP contribution in [-0.2, 0) is 0 Å². The zero-order valence-electron chi connectivity index (χ0n) is 14.3. The fourth-order valence-corrected chi connectivity index (χ4v) is 3.02. The average molecular weight is 413 g/mol. The van der Waals surface area contributed by atoms with Gasteiger partial charge in [-0.1, -0.05) is 40.2 Å². The van der Waals surface area contributed by atoms with Crippen molar-refractivity contribution in [2.45, 2.75) is 13.8 Å². The predicted molar refractivity (Wildman–Crippen MR) is 105 cm³/mol. The van der Waals surface area contributed by atoms with Crippen LogP contribution in [0.5, 0.6) is 0 Å². The summed E-state index contributed by atoms with van der Waals surface area (Å²) in [6.07, 6.45) is 0. The molecule has 2 aromatic carbocycles. The Balaban J connectivity index is 1.87. The number of H-pyrrole nitrogens is 1. The summed E-state index contributed by atoms with van der Waals surface area (Å²) in [5, 5.41) is 7.14. The number of carbonyl (C=O) groups is 1. The van der Waals surface area contributed by atoms with Crippen molar-refractivity contribution in [1.82, 2.24) is 15.2 Å². The number of hydrazone groups is 1. The maximum atomic E-state index is 12.7. The van der Waals surface area contributed by atoms with Gasteiger partial charge in [-0.15, -0.1) is 0 Å². The van der Waals surface area contributed by atoms with Crippen molar-refractivity contribution in [3.8, 4) is 5.69 Å². The molecule has 26 heavy (non-hydrogen) atoms. The molecule has 0 bridgehead atoms. The molecule has 1 amide bonds. The Bertz CT molecular complexity index is 1040. The van der Waals surface area contributed by atoms with Crippen LogP contribution >= 0.6 is 15.9 Å². The monoisotopic (exact) mass is 412 g/mol. The Hall–Kier alpha value is -2.93. The largest absolute Gasteiger partial charge is 0.295 e. The van der Waals surface area contributed by atoms with Crippen LogP contribution in [0.2, 0.25) is 0 Å². The van der Waals surface area contributed by atoms with E-state index in [1.807, 2.05) is 36.4 Å². The highest BCUT2D eigenvalue weighted by Gasteiger charge is 2.15. The fraction of sp³-hybridized carbons (Fsp3) is 0.105. The Morgan fingerprint density at radius 3 is 2.58 bits per heavy atom. The smallest absolute Gasteiger partial charge is 0.280 e. The lowest BCUT2D eigenvalue weighted by atomic mass is 10.2. The zero-order chi connectivity index (χ0) is 18.7. The maximum absolute atomic E-state index is 12.7. The molecule has 7 heteroatoms. The van der Waals surface area contributed by atoms with Crippen LogP contribution in [0.3, 0.4) is 0 Å². The summed E-state index contributed by atoms with van der Waals surface area (Å²) in [5.74, 6) is -0.345. The molecule has 3 aromatic rings. The van der Waals surface area contributed by atoms with Gasteiger partial charge in [-0.3, -0.25) is 14.7 Å². The third-order valence-electron chi connectivity index (χ3n) is 3.86. The summed E-state index contributed by atoms with van der Waals surface area (Å²) in [6, 6.07) is 16.3. The molecule has 0 saturated carbocycles. The lowest BCUT2D eigenvalue weighted by Gasteiger charge is -2.02. The van der Waals surface area contributed by atoms with Gasteiger partial charge in [-0.2, -0.15) is 5.10 Å². The second-order valence-electron chi connectivity index (χ2n) is 5.74. The van der Waals surface area contributed by atoms with Crippen molar-refractivity contribution in [2.75, 3.05) is 0 Å². The number of hydrogen-bond acceptors (Lipinski definition) is 3. The van der Waals surface area contributed by atoms with Crippen molar-refractivity contribution in [2.24, 2.45) is 5.10 Å². The van der Waals surface area contributed by atoms with E-state index >= 15 is 0 Å². The Kier molecular flexibility index (Phi) is 5.18. The summed E-state index contributed by atoms with van der Waals surface area (Å²) in [4.78, 5) is 24.9. The molecule has 6 nitrogen and oxygen atoms in total. The van der Waals surface area contributed by atoms with Crippen molar-refractivity contribution >= 4 is 27.5 Å². The molecule has 2 N–H and O–H groups in total. The normalized spacial score (nSPS) is 11.4. The highest BCUT2D eigenvalue weighted by molar-refractivity contribution is 9.10. The number of amides is 1. The number of rotatable bonds is 4. The van der Waals surface area contributed by atoms with Crippen LogP contribution in [0.4, 0.5) is 0 Å².